The topological polar surface area (TPSA) is 32.8 Å². The van der Waals surface area contributed by atoms with Gasteiger partial charge in [-0.2, -0.15) is 0 Å². The zero-order valence-electron chi connectivity index (χ0n) is 12.2. The van der Waals surface area contributed by atoms with Crippen LogP contribution in [0.25, 0.3) is 0 Å². The van der Waals surface area contributed by atoms with Gasteiger partial charge in [0.1, 0.15) is 5.60 Å². The van der Waals surface area contributed by atoms with Crippen LogP contribution in [0.15, 0.2) is 0 Å². The van der Waals surface area contributed by atoms with Crippen LogP contribution in [0.4, 0.5) is 4.79 Å². The Bertz CT molecular complexity index is 320. The summed E-state index contributed by atoms with van der Waals surface area (Å²) >= 11 is 0. The van der Waals surface area contributed by atoms with Crippen molar-refractivity contribution >= 4 is 6.09 Å². The van der Waals surface area contributed by atoms with Crippen molar-refractivity contribution in [2.75, 3.05) is 26.2 Å². The van der Waals surface area contributed by atoms with Gasteiger partial charge in [-0.15, -0.1) is 0 Å². The molecule has 18 heavy (non-hydrogen) atoms. The van der Waals surface area contributed by atoms with Crippen molar-refractivity contribution in [3.63, 3.8) is 0 Å². The van der Waals surface area contributed by atoms with Gasteiger partial charge in [0.15, 0.2) is 0 Å². The molecule has 0 saturated carbocycles. The summed E-state index contributed by atoms with van der Waals surface area (Å²) in [5.74, 6) is 0. The maximum Gasteiger partial charge on any atom is 0.410 e. The summed E-state index contributed by atoms with van der Waals surface area (Å²) in [6, 6.07) is 0. The lowest BCUT2D eigenvalue weighted by Gasteiger charge is -2.51. The summed E-state index contributed by atoms with van der Waals surface area (Å²) in [6.45, 7) is 12.0. The summed E-state index contributed by atoms with van der Waals surface area (Å²) in [5.41, 5.74) is -0.241. The molecule has 0 radical (unpaired) electrons. The smallest absolute Gasteiger partial charge is 0.410 e. The van der Waals surface area contributed by atoms with Crippen LogP contribution in [0, 0.1) is 0 Å². The molecular weight excluding hydrogens is 228 g/mol. The molecule has 2 heterocycles. The van der Waals surface area contributed by atoms with Gasteiger partial charge in [0.2, 0.25) is 0 Å². The minimum Gasteiger partial charge on any atom is -0.444 e. The van der Waals surface area contributed by atoms with Crippen LogP contribution in [0.2, 0.25) is 0 Å². The van der Waals surface area contributed by atoms with Crippen LogP contribution in [0.3, 0.4) is 0 Å². The fraction of sp³-hybridized carbons (Fsp3) is 0.929. The molecule has 0 bridgehead atoms. The number of hydrogen-bond acceptors (Lipinski definition) is 3. The molecule has 0 N–H and O–H groups in total. The minimum absolute atomic E-state index is 0.158. The summed E-state index contributed by atoms with van der Waals surface area (Å²) < 4.78 is 5.47. The normalized spacial score (nSPS) is 29.9. The third-order valence-corrected chi connectivity index (χ3v) is 3.95. The van der Waals surface area contributed by atoms with E-state index in [4.69, 9.17) is 4.74 Å². The van der Waals surface area contributed by atoms with Gasteiger partial charge < -0.3 is 9.64 Å². The van der Waals surface area contributed by atoms with E-state index in [1.807, 2.05) is 25.7 Å². The molecule has 2 saturated heterocycles. The van der Waals surface area contributed by atoms with Crippen LogP contribution in [0.1, 0.15) is 47.0 Å². The molecule has 2 fully saturated rings. The van der Waals surface area contributed by atoms with E-state index >= 15 is 0 Å². The molecule has 1 unspecified atom stereocenters. The van der Waals surface area contributed by atoms with Gasteiger partial charge >= 0.3 is 6.09 Å². The molecule has 0 aromatic carbocycles. The van der Waals surface area contributed by atoms with Gasteiger partial charge in [0.25, 0.3) is 0 Å². The van der Waals surface area contributed by atoms with Crippen LogP contribution in [-0.4, -0.2) is 53.2 Å². The quantitative estimate of drug-likeness (QED) is 0.720. The molecule has 2 rings (SSSR count). The molecule has 2 aliphatic rings. The van der Waals surface area contributed by atoms with Crippen LogP contribution < -0.4 is 0 Å². The van der Waals surface area contributed by atoms with Crippen molar-refractivity contribution in [3.05, 3.63) is 0 Å². The molecule has 0 spiro atoms. The van der Waals surface area contributed by atoms with Crippen LogP contribution >= 0.6 is 0 Å². The van der Waals surface area contributed by atoms with E-state index in [1.54, 1.807) is 0 Å². The molecule has 4 nitrogen and oxygen atoms in total. The van der Waals surface area contributed by atoms with Gasteiger partial charge in [-0.25, -0.2) is 4.79 Å². The van der Waals surface area contributed by atoms with Gasteiger partial charge in [-0.1, -0.05) is 0 Å². The lowest BCUT2D eigenvalue weighted by molar-refractivity contribution is -0.0297. The van der Waals surface area contributed by atoms with Crippen molar-refractivity contribution in [1.82, 2.24) is 9.80 Å². The third kappa shape index (κ3) is 2.97. The van der Waals surface area contributed by atoms with Crippen LogP contribution in [-0.2, 0) is 4.74 Å². The minimum atomic E-state index is -0.401. The second kappa shape index (κ2) is 4.72. The molecule has 2 aliphatic heterocycles. The molecular formula is C14H26N2O2. The lowest BCUT2D eigenvalue weighted by Crippen LogP contribution is -2.62. The lowest BCUT2D eigenvalue weighted by atomic mass is 9.87. The van der Waals surface area contributed by atoms with Gasteiger partial charge in [0.05, 0.1) is 0 Å². The van der Waals surface area contributed by atoms with E-state index in [9.17, 15) is 4.79 Å². The van der Waals surface area contributed by atoms with E-state index in [0.717, 1.165) is 19.5 Å². The first-order valence-electron chi connectivity index (χ1n) is 7.03. The number of nitrogens with zero attached hydrogens (tertiary/aromatic N) is 2. The highest BCUT2D eigenvalue weighted by Gasteiger charge is 2.41. The van der Waals surface area contributed by atoms with E-state index in [0.29, 0.717) is 0 Å². The van der Waals surface area contributed by atoms with Crippen molar-refractivity contribution in [1.29, 1.82) is 0 Å². The predicted molar refractivity (Wildman–Crippen MR) is 71.6 cm³/mol. The predicted octanol–water partition coefficient (Wildman–Crippen LogP) is 2.48. The van der Waals surface area contributed by atoms with Gasteiger partial charge in [-0.05, 0) is 60.0 Å². The molecule has 0 aromatic heterocycles. The summed E-state index contributed by atoms with van der Waals surface area (Å²) in [6.07, 6.45) is 3.40. The van der Waals surface area contributed by atoms with Crippen molar-refractivity contribution in [3.8, 4) is 0 Å². The Morgan fingerprint density at radius 3 is 2.33 bits per heavy atom. The number of piperidine rings is 1. The second-order valence-corrected chi connectivity index (χ2v) is 6.84. The Labute approximate surface area is 110 Å². The van der Waals surface area contributed by atoms with Gasteiger partial charge in [0, 0.05) is 18.6 Å². The molecule has 1 amide bonds. The Hall–Kier alpha value is -0.770. The number of carbonyl (C=O) groups excluding carboxylic acids is 1. The molecule has 104 valence electrons. The second-order valence-electron chi connectivity index (χ2n) is 6.84. The number of carbonyl (C=O) groups is 1. The molecule has 1 atom stereocenters. The maximum absolute atomic E-state index is 12.1. The Morgan fingerprint density at radius 2 is 1.83 bits per heavy atom. The maximum atomic E-state index is 12.1. The average molecular weight is 254 g/mol. The fourth-order valence-corrected chi connectivity index (χ4v) is 2.82. The van der Waals surface area contributed by atoms with Crippen molar-refractivity contribution in [2.24, 2.45) is 0 Å². The van der Waals surface area contributed by atoms with E-state index < -0.39 is 5.60 Å². The van der Waals surface area contributed by atoms with Crippen molar-refractivity contribution in [2.45, 2.75) is 58.1 Å². The number of ether oxygens (including phenoxy) is 1. The highest BCUT2D eigenvalue weighted by atomic mass is 16.6. The SMILES string of the molecule is CC(C)(C)OC(=O)N1CCCC(C)(N2CCC2)C1. The Morgan fingerprint density at radius 1 is 1.17 bits per heavy atom. The average Bonchev–Trinajstić information content (AvgIpc) is 2.11. The molecule has 4 heteroatoms. The number of amides is 1. The van der Waals surface area contributed by atoms with Crippen molar-refractivity contribution < 1.29 is 9.53 Å². The largest absolute Gasteiger partial charge is 0.444 e. The first-order valence-corrected chi connectivity index (χ1v) is 7.03. The van der Waals surface area contributed by atoms with E-state index in [-0.39, 0.29) is 11.6 Å². The highest BCUT2D eigenvalue weighted by molar-refractivity contribution is 5.68. The first-order chi connectivity index (χ1) is 8.30. The monoisotopic (exact) mass is 254 g/mol. The number of rotatable bonds is 1. The summed E-state index contributed by atoms with van der Waals surface area (Å²) in [7, 11) is 0. The number of likely N-dealkylation sites (tertiary alicyclic amines) is 2. The van der Waals surface area contributed by atoms with E-state index in [2.05, 4.69) is 11.8 Å². The Balaban J connectivity index is 1.95. The third-order valence-electron chi connectivity index (χ3n) is 3.95. The Kier molecular flexibility index (Phi) is 3.58. The van der Waals surface area contributed by atoms with Gasteiger partial charge in [-0.3, -0.25) is 4.90 Å². The van der Waals surface area contributed by atoms with Crippen LogP contribution in [0.5, 0.6) is 0 Å². The molecule has 0 aliphatic carbocycles. The molecule has 0 aromatic rings. The highest BCUT2D eigenvalue weighted by Crippen LogP contribution is 2.31. The zero-order chi connectivity index (χ0) is 13.4. The summed E-state index contributed by atoms with van der Waals surface area (Å²) in [4.78, 5) is 16.5. The number of hydrogen-bond donors (Lipinski definition) is 0. The summed E-state index contributed by atoms with van der Waals surface area (Å²) in [5, 5.41) is 0. The first kappa shape index (κ1) is 13.7. The fourth-order valence-electron chi connectivity index (χ4n) is 2.82. The zero-order valence-corrected chi connectivity index (χ0v) is 12.2. The standard InChI is InChI=1S/C14H26N2O2/c1-13(2,3)18-12(17)15-8-5-7-14(4,11-15)16-9-6-10-16/h5-11H2,1-4H3. The van der Waals surface area contributed by atoms with E-state index in [1.165, 1.54) is 25.9 Å².